The van der Waals surface area contributed by atoms with Crippen LogP contribution in [0.3, 0.4) is 0 Å². The van der Waals surface area contributed by atoms with Crippen LogP contribution in [0.15, 0.2) is 42.5 Å². The molecule has 2 aromatic rings. The zero-order valence-electron chi connectivity index (χ0n) is 15.2. The molecule has 1 aliphatic rings. The highest BCUT2D eigenvalue weighted by Gasteiger charge is 2.13. The second kappa shape index (κ2) is 10.5. The minimum absolute atomic E-state index is 0. The maximum Gasteiger partial charge on any atom is 0.255 e. The van der Waals surface area contributed by atoms with E-state index in [1.165, 1.54) is 16.7 Å². The van der Waals surface area contributed by atoms with Crippen molar-refractivity contribution in [3.63, 3.8) is 0 Å². The molecule has 2 aromatic carbocycles. The lowest BCUT2D eigenvalue weighted by atomic mass is 10.1. The van der Waals surface area contributed by atoms with Gasteiger partial charge in [0.2, 0.25) is 0 Å². The molecule has 1 heterocycles. The molecule has 3 rings (SSSR count). The summed E-state index contributed by atoms with van der Waals surface area (Å²) in [6.45, 7) is 9.02. The Morgan fingerprint density at radius 3 is 2.50 bits per heavy atom. The van der Waals surface area contributed by atoms with Crippen LogP contribution < -0.4 is 10.6 Å². The highest BCUT2D eigenvalue weighted by molar-refractivity contribution is 6.04. The lowest BCUT2D eigenvalue weighted by Gasteiger charge is -2.18. The first-order chi connectivity index (χ1) is 11.7. The summed E-state index contributed by atoms with van der Waals surface area (Å²) in [5.74, 6) is -0.0512. The van der Waals surface area contributed by atoms with Gasteiger partial charge in [0.15, 0.2) is 0 Å². The van der Waals surface area contributed by atoms with Crippen molar-refractivity contribution in [2.45, 2.75) is 33.5 Å². The van der Waals surface area contributed by atoms with Crippen LogP contribution in [0.25, 0.3) is 0 Å². The quantitative estimate of drug-likeness (QED) is 0.768. The van der Waals surface area contributed by atoms with E-state index in [1.807, 2.05) is 30.3 Å². The molecule has 0 aliphatic carbocycles. The van der Waals surface area contributed by atoms with E-state index in [1.54, 1.807) is 0 Å². The number of rotatable bonds is 6. The summed E-state index contributed by atoms with van der Waals surface area (Å²) in [7, 11) is 0. The Morgan fingerprint density at radius 2 is 1.77 bits per heavy atom. The third-order valence-corrected chi connectivity index (χ3v) is 4.58. The first-order valence-corrected chi connectivity index (χ1v) is 8.64. The van der Waals surface area contributed by atoms with Crippen LogP contribution in [-0.2, 0) is 19.6 Å². The van der Waals surface area contributed by atoms with Crippen molar-refractivity contribution < 1.29 is 4.79 Å². The molecule has 0 aromatic heterocycles. The molecule has 0 fully saturated rings. The molecule has 1 aliphatic heterocycles. The van der Waals surface area contributed by atoms with Crippen LogP contribution >= 0.6 is 24.8 Å². The molecule has 0 saturated carbocycles. The predicted molar refractivity (Wildman–Crippen MR) is 113 cm³/mol. The Kier molecular flexibility index (Phi) is 9.09. The van der Waals surface area contributed by atoms with E-state index in [9.17, 15) is 4.79 Å². The van der Waals surface area contributed by atoms with Crippen LogP contribution in [-0.4, -0.2) is 23.9 Å². The number of halogens is 2. The summed E-state index contributed by atoms with van der Waals surface area (Å²) < 4.78 is 0. The normalized spacial score (nSPS) is 12.1. The first kappa shape index (κ1) is 22.5. The molecule has 0 atom stereocenters. The van der Waals surface area contributed by atoms with Crippen molar-refractivity contribution in [1.82, 2.24) is 10.2 Å². The van der Waals surface area contributed by atoms with Crippen LogP contribution in [0.5, 0.6) is 0 Å². The van der Waals surface area contributed by atoms with E-state index in [-0.39, 0.29) is 30.7 Å². The summed E-state index contributed by atoms with van der Waals surface area (Å²) in [5.41, 5.74) is 5.29. The number of nitrogens with one attached hydrogen (secondary N) is 2. The second-order valence-electron chi connectivity index (χ2n) is 6.20. The van der Waals surface area contributed by atoms with E-state index in [0.29, 0.717) is 5.56 Å². The van der Waals surface area contributed by atoms with E-state index in [2.05, 4.69) is 41.5 Å². The fourth-order valence-corrected chi connectivity index (χ4v) is 3.09. The third kappa shape index (κ3) is 5.45. The van der Waals surface area contributed by atoms with E-state index in [4.69, 9.17) is 0 Å². The fourth-order valence-electron chi connectivity index (χ4n) is 3.09. The van der Waals surface area contributed by atoms with Crippen LogP contribution in [0.1, 0.15) is 40.9 Å². The van der Waals surface area contributed by atoms with Crippen molar-refractivity contribution in [3.05, 3.63) is 64.7 Å². The number of carbonyl (C=O) groups is 1. The lowest BCUT2D eigenvalue weighted by molar-refractivity contribution is 0.102. The van der Waals surface area contributed by atoms with Gasteiger partial charge in [-0.05, 0) is 54.0 Å². The van der Waals surface area contributed by atoms with Gasteiger partial charge >= 0.3 is 0 Å². The summed E-state index contributed by atoms with van der Waals surface area (Å²) in [5, 5.41) is 6.33. The van der Waals surface area contributed by atoms with Gasteiger partial charge in [-0.15, -0.1) is 24.8 Å². The molecular formula is C20H27Cl2N3O. The molecule has 0 bridgehead atoms. The first-order valence-electron chi connectivity index (χ1n) is 8.64. The molecule has 0 saturated heterocycles. The van der Waals surface area contributed by atoms with Gasteiger partial charge in [0.1, 0.15) is 0 Å². The number of nitrogens with zero attached hydrogens (tertiary/aromatic N) is 1. The fraction of sp³-hybridized carbons (Fsp3) is 0.350. The minimum Gasteiger partial charge on any atom is -0.322 e. The monoisotopic (exact) mass is 395 g/mol. The molecule has 142 valence electrons. The zero-order chi connectivity index (χ0) is 16.9. The van der Waals surface area contributed by atoms with E-state index < -0.39 is 0 Å². The molecule has 1 amide bonds. The maximum atomic E-state index is 12.5. The van der Waals surface area contributed by atoms with Gasteiger partial charge in [-0.3, -0.25) is 9.69 Å². The predicted octanol–water partition coefficient (Wildman–Crippen LogP) is 4.23. The average Bonchev–Trinajstić information content (AvgIpc) is 3.07. The maximum absolute atomic E-state index is 12.5. The molecule has 2 N–H and O–H groups in total. The number of anilines is 1. The van der Waals surface area contributed by atoms with Crippen molar-refractivity contribution in [1.29, 1.82) is 0 Å². The zero-order valence-corrected chi connectivity index (χ0v) is 16.9. The Labute approximate surface area is 168 Å². The molecular weight excluding hydrogens is 369 g/mol. The standard InChI is InChI=1S/C20H25N3O.2ClH/c1-3-23(4-2)14-15-6-5-7-19(10-15)22-20(24)16-8-9-17-12-21-13-18(17)11-16;;/h5-11,21H,3-4,12-14H2,1-2H3,(H,22,24);2*1H. The van der Waals surface area contributed by atoms with Crippen LogP contribution in [0, 0.1) is 0 Å². The van der Waals surface area contributed by atoms with Crippen molar-refractivity contribution >= 4 is 36.4 Å². The number of hydrogen-bond acceptors (Lipinski definition) is 3. The summed E-state index contributed by atoms with van der Waals surface area (Å²) in [6, 6.07) is 14.0. The second-order valence-corrected chi connectivity index (χ2v) is 6.20. The largest absolute Gasteiger partial charge is 0.322 e. The third-order valence-electron chi connectivity index (χ3n) is 4.58. The van der Waals surface area contributed by atoms with Gasteiger partial charge in [-0.2, -0.15) is 0 Å². The highest BCUT2D eigenvalue weighted by Crippen LogP contribution is 2.19. The number of fused-ring (bicyclic) bond motifs is 1. The Bertz CT molecular complexity index is 733. The molecule has 0 spiro atoms. The van der Waals surface area contributed by atoms with Crippen molar-refractivity contribution in [2.24, 2.45) is 0 Å². The Morgan fingerprint density at radius 1 is 1.04 bits per heavy atom. The van der Waals surface area contributed by atoms with Crippen LogP contribution in [0.2, 0.25) is 0 Å². The van der Waals surface area contributed by atoms with Crippen molar-refractivity contribution in [3.8, 4) is 0 Å². The van der Waals surface area contributed by atoms with Gasteiger partial charge in [-0.25, -0.2) is 0 Å². The molecule has 0 radical (unpaired) electrons. The molecule has 6 heteroatoms. The Balaban J connectivity index is 0.00000169. The summed E-state index contributed by atoms with van der Waals surface area (Å²) in [4.78, 5) is 14.9. The summed E-state index contributed by atoms with van der Waals surface area (Å²) in [6.07, 6.45) is 0. The number of amides is 1. The smallest absolute Gasteiger partial charge is 0.255 e. The van der Waals surface area contributed by atoms with E-state index >= 15 is 0 Å². The van der Waals surface area contributed by atoms with Crippen molar-refractivity contribution in [2.75, 3.05) is 18.4 Å². The van der Waals surface area contributed by atoms with E-state index in [0.717, 1.165) is 38.4 Å². The SMILES string of the molecule is CCN(CC)Cc1cccc(NC(=O)c2ccc3c(c2)CNC3)c1.Cl.Cl. The average molecular weight is 396 g/mol. The highest BCUT2D eigenvalue weighted by atomic mass is 35.5. The Hall–Kier alpha value is -1.59. The van der Waals surface area contributed by atoms with Crippen LogP contribution in [0.4, 0.5) is 5.69 Å². The van der Waals surface area contributed by atoms with Gasteiger partial charge in [0, 0.05) is 30.9 Å². The van der Waals surface area contributed by atoms with Gasteiger partial charge in [-0.1, -0.05) is 32.0 Å². The number of hydrogen-bond donors (Lipinski definition) is 2. The molecule has 0 unspecified atom stereocenters. The van der Waals surface area contributed by atoms with Gasteiger partial charge in [0.05, 0.1) is 0 Å². The van der Waals surface area contributed by atoms with Gasteiger partial charge < -0.3 is 10.6 Å². The molecule has 26 heavy (non-hydrogen) atoms. The number of carbonyl (C=O) groups excluding carboxylic acids is 1. The molecule has 4 nitrogen and oxygen atoms in total. The lowest BCUT2D eigenvalue weighted by Crippen LogP contribution is -2.22. The van der Waals surface area contributed by atoms with Gasteiger partial charge in [0.25, 0.3) is 5.91 Å². The topological polar surface area (TPSA) is 44.4 Å². The number of benzene rings is 2. The minimum atomic E-state index is -0.0512. The summed E-state index contributed by atoms with van der Waals surface area (Å²) >= 11 is 0.